The van der Waals surface area contributed by atoms with E-state index in [1.54, 1.807) is 0 Å². The van der Waals surface area contributed by atoms with Gasteiger partial charge in [0, 0.05) is 45.2 Å². The van der Waals surface area contributed by atoms with Gasteiger partial charge < -0.3 is 9.32 Å². The molecule has 9 aromatic rings. The van der Waals surface area contributed by atoms with E-state index < -0.39 is 0 Å². The number of hydrogen-bond donors (Lipinski definition) is 0. The zero-order valence-electron chi connectivity index (χ0n) is 30.4. The predicted molar refractivity (Wildman–Crippen MR) is 225 cm³/mol. The fraction of sp³-hybridized carbons (Fsp3) is 0.137. The highest BCUT2D eigenvalue weighted by Crippen LogP contribution is 2.61. The van der Waals surface area contributed by atoms with Crippen LogP contribution < -0.4 is 4.90 Å². The summed E-state index contributed by atoms with van der Waals surface area (Å²) in [6.07, 6.45) is 7.11. The lowest BCUT2D eigenvalue weighted by Crippen LogP contribution is -2.35. The van der Waals surface area contributed by atoms with Crippen molar-refractivity contribution < 1.29 is 4.42 Å². The maximum absolute atomic E-state index is 6.90. The van der Waals surface area contributed by atoms with E-state index in [-0.39, 0.29) is 17.3 Å². The first kappa shape index (κ1) is 30.5. The fourth-order valence-electron chi connectivity index (χ4n) is 10.2. The summed E-state index contributed by atoms with van der Waals surface area (Å²) >= 11 is 0. The van der Waals surface area contributed by atoms with Crippen LogP contribution in [-0.4, -0.2) is 0 Å². The molecule has 2 unspecified atom stereocenters. The summed E-state index contributed by atoms with van der Waals surface area (Å²) in [7, 11) is 0. The van der Waals surface area contributed by atoms with Gasteiger partial charge >= 0.3 is 0 Å². The molecule has 8 aromatic carbocycles. The van der Waals surface area contributed by atoms with Crippen LogP contribution >= 0.6 is 0 Å². The zero-order chi connectivity index (χ0) is 35.6. The summed E-state index contributed by atoms with van der Waals surface area (Å²) in [5.74, 6) is 0.308. The van der Waals surface area contributed by atoms with Crippen LogP contribution in [0.5, 0.6) is 0 Å². The van der Waals surface area contributed by atoms with Gasteiger partial charge in [-0.1, -0.05) is 129 Å². The molecule has 0 bridgehead atoms. The van der Waals surface area contributed by atoms with Crippen LogP contribution in [0.1, 0.15) is 42.0 Å². The highest BCUT2D eigenvalue weighted by Gasteiger charge is 2.52. The molecule has 2 aliphatic carbocycles. The molecule has 2 nitrogen and oxygen atoms in total. The third-order valence-electron chi connectivity index (χ3n) is 12.6. The third-order valence-corrected chi connectivity index (χ3v) is 12.6. The number of para-hydroxylation sites is 1. The average Bonchev–Trinajstić information content (AvgIpc) is 3.70. The van der Waals surface area contributed by atoms with E-state index in [0.29, 0.717) is 0 Å². The lowest BCUT2D eigenvalue weighted by molar-refractivity contribution is 0.372. The van der Waals surface area contributed by atoms with Gasteiger partial charge in [-0.05, 0) is 115 Å². The number of hydrogen-bond acceptors (Lipinski definition) is 2. The van der Waals surface area contributed by atoms with Gasteiger partial charge in [-0.25, -0.2) is 0 Å². The average molecular weight is 682 g/mol. The van der Waals surface area contributed by atoms with Gasteiger partial charge in [0.25, 0.3) is 0 Å². The first-order valence-corrected chi connectivity index (χ1v) is 18.9. The van der Waals surface area contributed by atoms with E-state index in [2.05, 4.69) is 184 Å². The molecule has 0 aliphatic heterocycles. The Labute approximate surface area is 309 Å². The topological polar surface area (TPSA) is 16.4 Å². The highest BCUT2D eigenvalue weighted by atomic mass is 16.3. The van der Waals surface area contributed by atoms with E-state index in [9.17, 15) is 0 Å². The summed E-state index contributed by atoms with van der Waals surface area (Å²) in [5, 5.41) is 12.7. The van der Waals surface area contributed by atoms with Gasteiger partial charge in [-0.15, -0.1) is 0 Å². The van der Waals surface area contributed by atoms with Crippen LogP contribution in [0.15, 0.2) is 162 Å². The minimum absolute atomic E-state index is 0.145. The van der Waals surface area contributed by atoms with Crippen molar-refractivity contribution in [2.75, 3.05) is 4.90 Å². The van der Waals surface area contributed by atoms with Crippen LogP contribution in [-0.2, 0) is 5.41 Å². The smallest absolute Gasteiger partial charge is 0.140 e. The normalized spacial score (nSPS) is 17.6. The second-order valence-electron chi connectivity index (χ2n) is 15.8. The van der Waals surface area contributed by atoms with E-state index in [0.717, 1.165) is 11.2 Å². The maximum Gasteiger partial charge on any atom is 0.140 e. The third kappa shape index (κ3) is 4.15. The van der Waals surface area contributed by atoms with Crippen molar-refractivity contribution in [1.29, 1.82) is 0 Å². The number of aryl methyl sites for hydroxylation is 2. The number of rotatable bonds is 3. The molecule has 0 fully saturated rings. The van der Waals surface area contributed by atoms with Gasteiger partial charge in [0.1, 0.15) is 11.2 Å². The predicted octanol–water partition coefficient (Wildman–Crippen LogP) is 14.1. The monoisotopic (exact) mass is 681 g/mol. The minimum Gasteiger partial charge on any atom is -0.456 e. The maximum atomic E-state index is 6.90. The van der Waals surface area contributed by atoms with Crippen molar-refractivity contribution in [3.05, 3.63) is 180 Å². The molecule has 0 amide bonds. The molecule has 0 N–H and O–H groups in total. The molecule has 2 aliphatic rings. The molecule has 53 heavy (non-hydrogen) atoms. The molecule has 11 rings (SSSR count). The van der Waals surface area contributed by atoms with E-state index in [4.69, 9.17) is 4.42 Å². The van der Waals surface area contributed by atoms with Crippen molar-refractivity contribution in [2.24, 2.45) is 5.92 Å². The van der Waals surface area contributed by atoms with Crippen molar-refractivity contribution >= 4 is 76.4 Å². The van der Waals surface area contributed by atoms with Gasteiger partial charge in [-0.2, -0.15) is 0 Å². The van der Waals surface area contributed by atoms with Crippen molar-refractivity contribution in [2.45, 2.75) is 39.0 Å². The second kappa shape index (κ2) is 10.9. The van der Waals surface area contributed by atoms with Gasteiger partial charge in [0.2, 0.25) is 0 Å². The first-order valence-electron chi connectivity index (χ1n) is 18.9. The van der Waals surface area contributed by atoms with Crippen LogP contribution in [0.3, 0.4) is 0 Å². The van der Waals surface area contributed by atoms with E-state index >= 15 is 0 Å². The number of benzene rings is 8. The van der Waals surface area contributed by atoms with E-state index in [1.165, 1.54) is 93.2 Å². The minimum atomic E-state index is -0.207. The molecule has 254 valence electrons. The van der Waals surface area contributed by atoms with Gasteiger partial charge in [0.05, 0.1) is 0 Å². The molecular formula is C51H39NO. The van der Waals surface area contributed by atoms with Gasteiger partial charge in [0.15, 0.2) is 0 Å². The Balaban J connectivity index is 1.18. The standard InChI is InChI=1S/C51H39NO/c1-30-24-25-32(28-31(30)2)52(33-26-27-38-36-16-6-5-14-34(36)35-15-7-8-17-37(35)43(38)29-33)44-22-13-21-42-47-49(51(3,4)48(42)44)40-19-10-9-18-39(40)46-41-20-11-12-23-45(41)53-50(46)47/h5-29,42,48H,1-4H3. The summed E-state index contributed by atoms with van der Waals surface area (Å²) in [6.45, 7) is 9.36. The highest BCUT2D eigenvalue weighted by molar-refractivity contribution is 6.26. The van der Waals surface area contributed by atoms with Crippen molar-refractivity contribution in [1.82, 2.24) is 0 Å². The number of fused-ring (bicyclic) bond motifs is 16. The van der Waals surface area contributed by atoms with Crippen molar-refractivity contribution in [3.8, 4) is 0 Å². The van der Waals surface area contributed by atoms with Crippen LogP contribution in [0.4, 0.5) is 11.4 Å². The largest absolute Gasteiger partial charge is 0.456 e. The lowest BCUT2D eigenvalue weighted by atomic mass is 9.71. The Kier molecular flexibility index (Phi) is 6.30. The first-order chi connectivity index (χ1) is 25.9. The molecule has 1 aromatic heterocycles. The van der Waals surface area contributed by atoms with Crippen LogP contribution in [0.25, 0.3) is 65.0 Å². The summed E-state index contributed by atoms with van der Waals surface area (Å²) in [6, 6.07) is 49.3. The second-order valence-corrected chi connectivity index (χ2v) is 15.8. The number of anilines is 2. The molecule has 2 heteroatoms. The summed E-state index contributed by atoms with van der Waals surface area (Å²) in [5.41, 5.74) is 10.8. The molecule has 0 saturated heterocycles. The molecule has 2 atom stereocenters. The Morgan fingerprint density at radius 3 is 1.81 bits per heavy atom. The fourth-order valence-corrected chi connectivity index (χ4v) is 10.2. The SMILES string of the molecule is Cc1ccc(N(C2=CC=CC3c4c(c5ccccc5c5c4oc4ccccc45)C(C)(C)C23)c2ccc3c4ccccc4c4ccccc4c3c2)cc1C. The Bertz CT molecular complexity index is 3050. The van der Waals surface area contributed by atoms with E-state index in [1.807, 2.05) is 0 Å². The van der Waals surface area contributed by atoms with Crippen molar-refractivity contribution in [3.63, 3.8) is 0 Å². The Morgan fingerprint density at radius 2 is 1.11 bits per heavy atom. The quantitative estimate of drug-likeness (QED) is 0.173. The zero-order valence-corrected chi connectivity index (χ0v) is 30.4. The lowest BCUT2D eigenvalue weighted by Gasteiger charge is -2.41. The number of furan rings is 1. The number of allylic oxidation sites excluding steroid dienone is 4. The van der Waals surface area contributed by atoms with Crippen LogP contribution in [0.2, 0.25) is 0 Å². The Morgan fingerprint density at radius 1 is 0.547 bits per heavy atom. The van der Waals surface area contributed by atoms with Gasteiger partial charge in [-0.3, -0.25) is 0 Å². The molecular weight excluding hydrogens is 643 g/mol. The molecule has 0 saturated carbocycles. The Hall–Kier alpha value is -6.12. The summed E-state index contributed by atoms with van der Waals surface area (Å²) < 4.78 is 6.90. The molecule has 1 heterocycles. The molecule has 0 spiro atoms. The molecule has 0 radical (unpaired) electrons. The number of nitrogens with zero attached hydrogens (tertiary/aromatic N) is 1. The summed E-state index contributed by atoms with van der Waals surface area (Å²) in [4.78, 5) is 2.56. The van der Waals surface area contributed by atoms with Crippen LogP contribution in [0, 0.1) is 19.8 Å².